The minimum Gasteiger partial charge on any atom is -0.493 e. The minimum absolute atomic E-state index is 0.134. The maximum absolute atomic E-state index is 15.0. The molecule has 2 nitrogen and oxygen atoms in total. The third-order valence-corrected chi connectivity index (χ3v) is 11.0. The standard InChI is InChI=1S/C50H40F14O2/c1-26(10-6-2-4-8-12-65-31-22-37(55)47(38(56)23-31)27-14-33(51)45(34(52)15-27)29-18-41(59)49(63)42(60)19-29)11-7-3-5-9-13-66-32-24-39(57)48(40(58)25-32)28-16-35(53)46(36(54)17-28)30-20-43(61)50(64)44(62)21-30/h14-26H,2-13H2,1H3. The van der Waals surface area contributed by atoms with Gasteiger partial charge < -0.3 is 9.47 Å². The van der Waals surface area contributed by atoms with Crippen LogP contribution in [0.15, 0.2) is 72.8 Å². The second-order valence-corrected chi connectivity index (χ2v) is 15.9. The summed E-state index contributed by atoms with van der Waals surface area (Å²) in [6.45, 7) is 2.45. The second-order valence-electron chi connectivity index (χ2n) is 15.9. The lowest BCUT2D eigenvalue weighted by Crippen LogP contribution is -2.01. The number of halogens is 14. The zero-order chi connectivity index (χ0) is 47.8. The maximum atomic E-state index is 15.0. The molecule has 0 saturated carbocycles. The Bertz CT molecular complexity index is 2380. The van der Waals surface area contributed by atoms with Gasteiger partial charge in [0, 0.05) is 24.3 Å². The molecule has 350 valence electrons. The largest absolute Gasteiger partial charge is 0.493 e. The Labute approximate surface area is 370 Å². The first-order valence-electron chi connectivity index (χ1n) is 21.0. The van der Waals surface area contributed by atoms with Crippen LogP contribution >= 0.6 is 0 Å². The quantitative estimate of drug-likeness (QED) is 0.0431. The molecule has 0 radical (unpaired) electrons. The second kappa shape index (κ2) is 22.0. The maximum Gasteiger partial charge on any atom is 0.194 e. The van der Waals surface area contributed by atoms with E-state index in [9.17, 15) is 43.9 Å². The van der Waals surface area contributed by atoms with E-state index in [1.54, 1.807) is 0 Å². The van der Waals surface area contributed by atoms with E-state index in [2.05, 4.69) is 6.92 Å². The molecule has 66 heavy (non-hydrogen) atoms. The molecule has 0 spiro atoms. The topological polar surface area (TPSA) is 18.5 Å². The van der Waals surface area contributed by atoms with Crippen LogP contribution in [0.25, 0.3) is 44.5 Å². The van der Waals surface area contributed by atoms with Gasteiger partial charge in [0.05, 0.1) is 35.5 Å². The van der Waals surface area contributed by atoms with Gasteiger partial charge in [0.1, 0.15) is 58.0 Å². The van der Waals surface area contributed by atoms with Gasteiger partial charge in [-0.05, 0) is 89.5 Å². The van der Waals surface area contributed by atoms with Crippen LogP contribution in [-0.2, 0) is 0 Å². The molecule has 0 unspecified atom stereocenters. The summed E-state index contributed by atoms with van der Waals surface area (Å²) in [5, 5.41) is 0. The Morgan fingerprint density at radius 1 is 0.303 bits per heavy atom. The van der Waals surface area contributed by atoms with Gasteiger partial charge in [0.15, 0.2) is 34.9 Å². The highest BCUT2D eigenvalue weighted by molar-refractivity contribution is 5.74. The Kier molecular flexibility index (Phi) is 16.4. The number of hydrogen-bond donors (Lipinski definition) is 0. The highest BCUT2D eigenvalue weighted by Gasteiger charge is 2.24. The van der Waals surface area contributed by atoms with Crippen LogP contribution in [0.3, 0.4) is 0 Å². The molecule has 0 aliphatic carbocycles. The molecule has 0 saturated heterocycles. The first kappa shape index (κ1) is 49.4. The number of benzene rings is 6. The molecular weight excluding hydrogens is 899 g/mol. The van der Waals surface area contributed by atoms with Crippen LogP contribution in [0.5, 0.6) is 11.5 Å². The van der Waals surface area contributed by atoms with Crippen molar-refractivity contribution < 1.29 is 70.9 Å². The van der Waals surface area contributed by atoms with E-state index >= 15 is 17.6 Å². The van der Waals surface area contributed by atoms with Gasteiger partial charge in [-0.25, -0.2) is 61.5 Å². The minimum atomic E-state index is -1.83. The van der Waals surface area contributed by atoms with Crippen LogP contribution in [0, 0.1) is 87.4 Å². The molecule has 0 heterocycles. The highest BCUT2D eigenvalue weighted by atomic mass is 19.2. The van der Waals surface area contributed by atoms with Crippen LogP contribution in [0.1, 0.15) is 71.1 Å². The van der Waals surface area contributed by atoms with Crippen LogP contribution in [0.4, 0.5) is 61.5 Å². The number of ether oxygens (including phenoxy) is 2. The van der Waals surface area contributed by atoms with Crippen LogP contribution in [-0.4, -0.2) is 13.2 Å². The third kappa shape index (κ3) is 11.8. The fourth-order valence-corrected chi connectivity index (χ4v) is 7.63. The molecule has 16 heteroatoms. The predicted octanol–water partition coefficient (Wildman–Crippen LogP) is 16.3. The van der Waals surface area contributed by atoms with E-state index in [1.807, 2.05) is 0 Å². The zero-order valence-electron chi connectivity index (χ0n) is 35.1. The molecule has 6 aromatic rings. The number of rotatable bonds is 20. The van der Waals surface area contributed by atoms with E-state index < -0.39 is 126 Å². The Balaban J connectivity index is 0.856. The molecule has 0 bridgehead atoms. The van der Waals surface area contributed by atoms with E-state index in [0.717, 1.165) is 75.6 Å². The monoisotopic (exact) mass is 938 g/mol. The van der Waals surface area contributed by atoms with Gasteiger partial charge in [-0.2, -0.15) is 0 Å². The summed E-state index contributed by atoms with van der Waals surface area (Å²) < 4.78 is 212. The van der Waals surface area contributed by atoms with Gasteiger partial charge in [-0.3, -0.25) is 0 Å². The normalized spacial score (nSPS) is 11.5. The number of hydrogen-bond acceptors (Lipinski definition) is 2. The Hall–Kier alpha value is -6.06. The molecule has 6 rings (SSSR count). The lowest BCUT2D eigenvalue weighted by Gasteiger charge is -2.13. The SMILES string of the molecule is CC(CCCCCCOc1cc(F)c(-c2cc(F)c(-c3cc(F)c(F)c(F)c3)c(F)c2)c(F)c1)CCCCCCOc1cc(F)c(-c2cc(F)c(-c3cc(F)c(F)c(F)c3)c(F)c2)c(F)c1. The average Bonchev–Trinajstić information content (AvgIpc) is 3.23. The van der Waals surface area contributed by atoms with Crippen LogP contribution in [0.2, 0.25) is 0 Å². The van der Waals surface area contributed by atoms with E-state index in [0.29, 0.717) is 67.3 Å². The van der Waals surface area contributed by atoms with Crippen molar-refractivity contribution in [2.45, 2.75) is 71.1 Å². The van der Waals surface area contributed by atoms with Crippen molar-refractivity contribution in [2.24, 2.45) is 5.92 Å². The molecule has 0 amide bonds. The Morgan fingerprint density at radius 2 is 0.530 bits per heavy atom. The molecular formula is C50H40F14O2. The van der Waals surface area contributed by atoms with Gasteiger partial charge in [0.25, 0.3) is 0 Å². The molecule has 6 aromatic carbocycles. The summed E-state index contributed by atoms with van der Waals surface area (Å²) in [5.41, 5.74) is -5.65. The summed E-state index contributed by atoms with van der Waals surface area (Å²) in [6.07, 6.45) is 8.39. The summed E-state index contributed by atoms with van der Waals surface area (Å²) in [6, 6.07) is 7.48. The first-order valence-corrected chi connectivity index (χ1v) is 21.0. The van der Waals surface area contributed by atoms with Gasteiger partial charge in [-0.15, -0.1) is 0 Å². The summed E-state index contributed by atoms with van der Waals surface area (Å²) in [7, 11) is 0. The van der Waals surface area contributed by atoms with E-state index in [4.69, 9.17) is 9.47 Å². The predicted molar refractivity (Wildman–Crippen MR) is 220 cm³/mol. The van der Waals surface area contributed by atoms with Crippen molar-refractivity contribution in [3.8, 4) is 56.0 Å². The highest BCUT2D eigenvalue weighted by Crippen LogP contribution is 2.38. The summed E-state index contributed by atoms with van der Waals surface area (Å²) in [5.74, 6) is -20.3. The third-order valence-electron chi connectivity index (χ3n) is 11.0. The molecule has 0 aliphatic rings. The van der Waals surface area contributed by atoms with Crippen molar-refractivity contribution >= 4 is 0 Å². The van der Waals surface area contributed by atoms with Crippen molar-refractivity contribution in [3.05, 3.63) is 154 Å². The fourth-order valence-electron chi connectivity index (χ4n) is 7.63. The smallest absolute Gasteiger partial charge is 0.194 e. The molecule has 0 N–H and O–H groups in total. The molecule has 0 aliphatic heterocycles. The lowest BCUT2D eigenvalue weighted by molar-refractivity contribution is 0.299. The molecule has 0 atom stereocenters. The first-order chi connectivity index (χ1) is 31.4. The Morgan fingerprint density at radius 3 is 0.803 bits per heavy atom. The molecule has 0 fully saturated rings. The van der Waals surface area contributed by atoms with Gasteiger partial charge in [0.2, 0.25) is 0 Å². The summed E-state index contributed by atoms with van der Waals surface area (Å²) in [4.78, 5) is 0. The van der Waals surface area contributed by atoms with E-state index in [1.165, 1.54) is 0 Å². The molecule has 0 aromatic heterocycles. The van der Waals surface area contributed by atoms with Gasteiger partial charge in [-0.1, -0.05) is 58.3 Å². The number of unbranched alkanes of at least 4 members (excludes halogenated alkanes) is 6. The van der Waals surface area contributed by atoms with Crippen LogP contribution < -0.4 is 9.47 Å². The summed E-state index contributed by atoms with van der Waals surface area (Å²) >= 11 is 0. The fraction of sp³-hybridized carbons (Fsp3) is 0.280. The van der Waals surface area contributed by atoms with Crippen molar-refractivity contribution in [2.75, 3.05) is 13.2 Å². The average molecular weight is 939 g/mol. The van der Waals surface area contributed by atoms with Crippen molar-refractivity contribution in [1.29, 1.82) is 0 Å². The lowest BCUT2D eigenvalue weighted by atomic mass is 9.96. The van der Waals surface area contributed by atoms with Crippen molar-refractivity contribution in [3.63, 3.8) is 0 Å². The van der Waals surface area contributed by atoms with Crippen molar-refractivity contribution in [1.82, 2.24) is 0 Å². The van der Waals surface area contributed by atoms with E-state index in [-0.39, 0.29) is 24.7 Å². The van der Waals surface area contributed by atoms with Gasteiger partial charge >= 0.3 is 0 Å². The zero-order valence-corrected chi connectivity index (χ0v) is 35.1.